The number of aryl methyl sites for hydroxylation is 1. The topological polar surface area (TPSA) is 92.9 Å². The van der Waals surface area contributed by atoms with Gasteiger partial charge in [-0.2, -0.15) is 5.10 Å². The zero-order valence-electron chi connectivity index (χ0n) is 15.3. The smallest absolute Gasteiger partial charge is 0.229 e. The van der Waals surface area contributed by atoms with Crippen LogP contribution >= 0.6 is 0 Å². The van der Waals surface area contributed by atoms with Gasteiger partial charge in [0.1, 0.15) is 0 Å². The number of nitrogens with zero attached hydrogens (tertiary/aromatic N) is 4. The minimum absolute atomic E-state index is 0.0332. The van der Waals surface area contributed by atoms with Gasteiger partial charge >= 0.3 is 0 Å². The number of hydrogen-bond acceptors (Lipinski definition) is 5. The standard InChI is InChI=1S/C20H23N5O2/c1-25-11-17(10-22-25)15-6-7-16-9-21-20(23-18(16)8-15)24-19(27)14-4-2-13(12-26)3-5-14/h6-11,13-14,26H,2-5,12H2,1H3,(H,21,23,24,27)/t13-,14-. The van der Waals surface area contributed by atoms with Crippen LogP contribution in [0.2, 0.25) is 0 Å². The van der Waals surface area contributed by atoms with Gasteiger partial charge in [0, 0.05) is 42.9 Å². The third kappa shape index (κ3) is 3.83. The van der Waals surface area contributed by atoms with E-state index < -0.39 is 0 Å². The van der Waals surface area contributed by atoms with Crippen molar-refractivity contribution in [3.63, 3.8) is 0 Å². The Morgan fingerprint density at radius 3 is 2.74 bits per heavy atom. The van der Waals surface area contributed by atoms with Crippen molar-refractivity contribution in [3.05, 3.63) is 36.8 Å². The third-order valence-corrected chi connectivity index (χ3v) is 5.33. The first kappa shape index (κ1) is 17.6. The van der Waals surface area contributed by atoms with Crippen molar-refractivity contribution >= 4 is 22.8 Å². The summed E-state index contributed by atoms with van der Waals surface area (Å²) in [5.41, 5.74) is 2.82. The summed E-state index contributed by atoms with van der Waals surface area (Å²) >= 11 is 0. The van der Waals surface area contributed by atoms with Crippen molar-refractivity contribution in [1.82, 2.24) is 19.7 Å². The number of carbonyl (C=O) groups is 1. The number of aliphatic hydroxyl groups is 1. The van der Waals surface area contributed by atoms with Crippen LogP contribution in [0.5, 0.6) is 0 Å². The van der Waals surface area contributed by atoms with E-state index in [2.05, 4.69) is 20.4 Å². The van der Waals surface area contributed by atoms with Crippen molar-refractivity contribution in [2.45, 2.75) is 25.7 Å². The summed E-state index contributed by atoms with van der Waals surface area (Å²) in [4.78, 5) is 21.3. The molecule has 7 nitrogen and oxygen atoms in total. The molecule has 1 fully saturated rings. The third-order valence-electron chi connectivity index (χ3n) is 5.33. The van der Waals surface area contributed by atoms with Crippen molar-refractivity contribution in [2.75, 3.05) is 11.9 Å². The average molecular weight is 365 g/mol. The van der Waals surface area contributed by atoms with Gasteiger partial charge in [0.25, 0.3) is 0 Å². The first-order valence-corrected chi connectivity index (χ1v) is 9.30. The minimum Gasteiger partial charge on any atom is -0.396 e. The molecule has 0 atom stereocenters. The highest BCUT2D eigenvalue weighted by molar-refractivity contribution is 5.92. The molecule has 3 aromatic rings. The SMILES string of the molecule is Cn1cc(-c2ccc3cnc(NC(=O)[C@H]4CC[C@H](CO)CC4)nc3c2)cn1. The van der Waals surface area contributed by atoms with Crippen LogP contribution < -0.4 is 5.32 Å². The molecule has 0 spiro atoms. The molecule has 0 saturated heterocycles. The lowest BCUT2D eigenvalue weighted by molar-refractivity contribution is -0.121. The van der Waals surface area contributed by atoms with Gasteiger partial charge in [-0.3, -0.25) is 14.8 Å². The van der Waals surface area contributed by atoms with E-state index in [1.54, 1.807) is 10.9 Å². The van der Waals surface area contributed by atoms with Crippen molar-refractivity contribution in [3.8, 4) is 11.1 Å². The average Bonchev–Trinajstić information content (AvgIpc) is 3.14. The predicted molar refractivity (Wildman–Crippen MR) is 103 cm³/mol. The molecular weight excluding hydrogens is 342 g/mol. The van der Waals surface area contributed by atoms with Crippen molar-refractivity contribution in [1.29, 1.82) is 0 Å². The molecule has 140 valence electrons. The van der Waals surface area contributed by atoms with Gasteiger partial charge in [0.2, 0.25) is 11.9 Å². The molecule has 27 heavy (non-hydrogen) atoms. The number of rotatable bonds is 4. The molecule has 4 rings (SSSR count). The second-order valence-corrected chi connectivity index (χ2v) is 7.26. The van der Waals surface area contributed by atoms with Crippen molar-refractivity contribution < 1.29 is 9.90 Å². The Morgan fingerprint density at radius 2 is 2.04 bits per heavy atom. The van der Waals surface area contributed by atoms with Gasteiger partial charge in [0.15, 0.2) is 0 Å². The number of hydrogen-bond donors (Lipinski definition) is 2. The second-order valence-electron chi connectivity index (χ2n) is 7.26. The van der Waals surface area contributed by atoms with Crippen LogP contribution in [0, 0.1) is 11.8 Å². The summed E-state index contributed by atoms with van der Waals surface area (Å²) in [5, 5.41) is 17.2. The summed E-state index contributed by atoms with van der Waals surface area (Å²) in [6, 6.07) is 5.97. The highest BCUT2D eigenvalue weighted by Gasteiger charge is 2.26. The zero-order valence-corrected chi connectivity index (χ0v) is 15.3. The van der Waals surface area contributed by atoms with E-state index >= 15 is 0 Å². The van der Waals surface area contributed by atoms with Gasteiger partial charge < -0.3 is 5.11 Å². The van der Waals surface area contributed by atoms with E-state index in [0.717, 1.165) is 47.7 Å². The van der Waals surface area contributed by atoms with E-state index in [9.17, 15) is 9.90 Å². The van der Waals surface area contributed by atoms with Crippen LogP contribution in [0.15, 0.2) is 36.8 Å². The molecule has 1 aliphatic rings. The maximum Gasteiger partial charge on any atom is 0.229 e. The number of benzene rings is 1. The van der Waals surface area contributed by atoms with Gasteiger partial charge in [-0.15, -0.1) is 0 Å². The zero-order chi connectivity index (χ0) is 18.8. The number of anilines is 1. The first-order chi connectivity index (χ1) is 13.1. The van der Waals surface area contributed by atoms with E-state index in [0.29, 0.717) is 11.9 Å². The molecule has 1 aromatic carbocycles. The van der Waals surface area contributed by atoms with Gasteiger partial charge in [-0.05, 0) is 43.2 Å². The molecule has 2 aromatic heterocycles. The molecule has 0 unspecified atom stereocenters. The van der Waals surface area contributed by atoms with Crippen LogP contribution in [0.4, 0.5) is 5.95 Å². The first-order valence-electron chi connectivity index (χ1n) is 9.30. The number of fused-ring (bicyclic) bond motifs is 1. The Kier molecular flexibility index (Phi) is 4.85. The quantitative estimate of drug-likeness (QED) is 0.742. The summed E-state index contributed by atoms with van der Waals surface area (Å²) in [7, 11) is 1.88. The molecule has 0 aliphatic heterocycles. The predicted octanol–water partition coefficient (Wildman–Crippen LogP) is 2.77. The molecule has 0 bridgehead atoms. The molecular formula is C20H23N5O2. The van der Waals surface area contributed by atoms with Crippen molar-refractivity contribution in [2.24, 2.45) is 18.9 Å². The number of aliphatic hydroxyl groups excluding tert-OH is 1. The Morgan fingerprint density at radius 1 is 1.22 bits per heavy atom. The summed E-state index contributed by atoms with van der Waals surface area (Å²) < 4.78 is 1.76. The fraction of sp³-hybridized carbons (Fsp3) is 0.400. The fourth-order valence-corrected chi connectivity index (χ4v) is 3.65. The van der Waals surface area contributed by atoms with E-state index in [1.165, 1.54) is 0 Å². The monoisotopic (exact) mass is 365 g/mol. The number of carbonyl (C=O) groups excluding carboxylic acids is 1. The van der Waals surface area contributed by atoms with Crippen LogP contribution in [-0.2, 0) is 11.8 Å². The Labute approximate surface area is 157 Å². The molecule has 2 N–H and O–H groups in total. The van der Waals surface area contributed by atoms with Crippen LogP contribution in [-0.4, -0.2) is 37.4 Å². The Hall–Kier alpha value is -2.80. The fourth-order valence-electron chi connectivity index (χ4n) is 3.65. The van der Waals surface area contributed by atoms with E-state index in [4.69, 9.17) is 0 Å². The molecule has 0 radical (unpaired) electrons. The molecule has 1 amide bonds. The molecule has 1 saturated carbocycles. The molecule has 1 aliphatic carbocycles. The maximum absolute atomic E-state index is 12.5. The summed E-state index contributed by atoms with van der Waals surface area (Å²) in [6.07, 6.45) is 8.88. The van der Waals surface area contributed by atoms with Gasteiger partial charge in [-0.1, -0.05) is 12.1 Å². The largest absolute Gasteiger partial charge is 0.396 e. The van der Waals surface area contributed by atoms with Crippen LogP contribution in [0.3, 0.4) is 0 Å². The van der Waals surface area contributed by atoms with E-state index in [1.807, 2.05) is 37.6 Å². The lowest BCUT2D eigenvalue weighted by Crippen LogP contribution is -2.28. The Balaban J connectivity index is 1.51. The van der Waals surface area contributed by atoms with Gasteiger partial charge in [-0.25, -0.2) is 9.97 Å². The van der Waals surface area contributed by atoms with Gasteiger partial charge in [0.05, 0.1) is 11.7 Å². The highest BCUT2D eigenvalue weighted by atomic mass is 16.3. The maximum atomic E-state index is 12.5. The normalized spacial score (nSPS) is 19.9. The number of amides is 1. The second kappa shape index (κ2) is 7.44. The number of nitrogens with one attached hydrogen (secondary N) is 1. The Bertz CT molecular complexity index is 960. The highest BCUT2D eigenvalue weighted by Crippen LogP contribution is 2.29. The summed E-state index contributed by atoms with van der Waals surface area (Å²) in [5.74, 6) is 0.597. The summed E-state index contributed by atoms with van der Waals surface area (Å²) in [6.45, 7) is 0.210. The lowest BCUT2D eigenvalue weighted by Gasteiger charge is -2.26. The molecule has 2 heterocycles. The van der Waals surface area contributed by atoms with Crippen LogP contribution in [0.25, 0.3) is 22.0 Å². The van der Waals surface area contributed by atoms with Crippen LogP contribution in [0.1, 0.15) is 25.7 Å². The lowest BCUT2D eigenvalue weighted by atomic mass is 9.82. The minimum atomic E-state index is -0.0335. The number of aromatic nitrogens is 4. The molecule has 7 heteroatoms. The van der Waals surface area contributed by atoms with E-state index in [-0.39, 0.29) is 18.4 Å².